The summed E-state index contributed by atoms with van der Waals surface area (Å²) in [5.74, 6) is 0.746. The molecular formula is C10H13N3. The highest BCUT2D eigenvalue weighted by Crippen LogP contribution is 2.18. The van der Waals surface area contributed by atoms with Crippen LogP contribution >= 0.6 is 0 Å². The summed E-state index contributed by atoms with van der Waals surface area (Å²) < 4.78 is 1.99. The molecule has 0 aliphatic carbocycles. The van der Waals surface area contributed by atoms with Crippen LogP contribution in [0.3, 0.4) is 0 Å². The number of pyridine rings is 1. The lowest BCUT2D eigenvalue weighted by Gasteiger charge is -2.03. The van der Waals surface area contributed by atoms with Crippen LogP contribution in [0.15, 0.2) is 12.1 Å². The van der Waals surface area contributed by atoms with E-state index in [1.165, 1.54) is 0 Å². The van der Waals surface area contributed by atoms with Crippen molar-refractivity contribution in [2.45, 2.75) is 20.8 Å². The summed E-state index contributed by atoms with van der Waals surface area (Å²) in [7, 11) is 0. The maximum Gasteiger partial charge on any atom is 0.141 e. The highest BCUT2D eigenvalue weighted by Gasteiger charge is 2.08. The van der Waals surface area contributed by atoms with Crippen LogP contribution in [0, 0.1) is 20.8 Å². The van der Waals surface area contributed by atoms with E-state index in [0.717, 1.165) is 28.4 Å². The molecule has 2 heterocycles. The molecule has 2 aromatic rings. The minimum Gasteiger partial charge on any atom is -0.383 e. The monoisotopic (exact) mass is 175 g/mol. The molecule has 0 radical (unpaired) electrons. The van der Waals surface area contributed by atoms with Crippen molar-refractivity contribution in [2.24, 2.45) is 0 Å². The molecule has 2 rings (SSSR count). The van der Waals surface area contributed by atoms with Gasteiger partial charge >= 0.3 is 0 Å². The SMILES string of the molecule is Cc1nc2c(C)ccc(C)n2c1N. The van der Waals surface area contributed by atoms with Crippen LogP contribution in [0.2, 0.25) is 0 Å². The Bertz CT molecular complexity index is 468. The minimum absolute atomic E-state index is 0.746. The molecule has 3 heteroatoms. The lowest BCUT2D eigenvalue weighted by molar-refractivity contribution is 1.09. The number of nitrogens with two attached hydrogens (primary N) is 1. The zero-order valence-electron chi connectivity index (χ0n) is 8.13. The Kier molecular flexibility index (Phi) is 1.55. The summed E-state index contributed by atoms with van der Waals surface area (Å²) in [6.07, 6.45) is 0. The normalized spacial score (nSPS) is 11.0. The minimum atomic E-state index is 0.746. The number of nitrogen functional groups attached to an aromatic ring is 1. The summed E-state index contributed by atoms with van der Waals surface area (Å²) >= 11 is 0. The first-order valence-corrected chi connectivity index (χ1v) is 4.32. The van der Waals surface area contributed by atoms with Crippen LogP contribution in [-0.4, -0.2) is 9.38 Å². The van der Waals surface area contributed by atoms with Crippen molar-refractivity contribution >= 4 is 11.5 Å². The van der Waals surface area contributed by atoms with Crippen molar-refractivity contribution in [1.29, 1.82) is 0 Å². The van der Waals surface area contributed by atoms with E-state index in [9.17, 15) is 0 Å². The molecule has 3 nitrogen and oxygen atoms in total. The van der Waals surface area contributed by atoms with Crippen molar-refractivity contribution in [3.05, 3.63) is 29.1 Å². The van der Waals surface area contributed by atoms with Gasteiger partial charge in [-0.3, -0.25) is 4.40 Å². The fraction of sp³-hybridized carbons (Fsp3) is 0.300. The highest BCUT2D eigenvalue weighted by molar-refractivity contribution is 5.57. The molecule has 68 valence electrons. The summed E-state index contributed by atoms with van der Waals surface area (Å²) in [6.45, 7) is 6.01. The molecule has 0 bridgehead atoms. The van der Waals surface area contributed by atoms with E-state index in [4.69, 9.17) is 5.73 Å². The van der Waals surface area contributed by atoms with Crippen molar-refractivity contribution in [3.8, 4) is 0 Å². The summed E-state index contributed by atoms with van der Waals surface area (Å²) in [5.41, 5.74) is 10.1. The second-order valence-electron chi connectivity index (χ2n) is 3.40. The van der Waals surface area contributed by atoms with Gasteiger partial charge in [0, 0.05) is 5.69 Å². The zero-order valence-corrected chi connectivity index (χ0v) is 8.13. The first kappa shape index (κ1) is 8.10. The van der Waals surface area contributed by atoms with Crippen molar-refractivity contribution in [3.63, 3.8) is 0 Å². The fourth-order valence-electron chi connectivity index (χ4n) is 1.56. The Morgan fingerprint density at radius 3 is 2.54 bits per heavy atom. The molecule has 2 aromatic heterocycles. The molecule has 0 spiro atoms. The van der Waals surface area contributed by atoms with Crippen LogP contribution in [0.5, 0.6) is 0 Å². The van der Waals surface area contributed by atoms with Crippen LogP contribution in [0.25, 0.3) is 5.65 Å². The zero-order chi connectivity index (χ0) is 9.59. The average molecular weight is 175 g/mol. The van der Waals surface area contributed by atoms with Gasteiger partial charge in [-0.15, -0.1) is 0 Å². The predicted molar refractivity (Wildman–Crippen MR) is 53.8 cm³/mol. The standard InChI is InChI=1S/C10H13N3/c1-6-4-5-7(2)13-9(11)8(3)12-10(6)13/h4-5H,11H2,1-3H3. The third kappa shape index (κ3) is 1.00. The van der Waals surface area contributed by atoms with Crippen LogP contribution in [0.4, 0.5) is 5.82 Å². The molecule has 0 aliphatic heterocycles. The van der Waals surface area contributed by atoms with Gasteiger partial charge < -0.3 is 5.73 Å². The van der Waals surface area contributed by atoms with Gasteiger partial charge in [-0.25, -0.2) is 4.98 Å². The third-order valence-corrected chi connectivity index (χ3v) is 2.38. The topological polar surface area (TPSA) is 43.3 Å². The van der Waals surface area contributed by atoms with E-state index in [0.29, 0.717) is 0 Å². The molecule has 13 heavy (non-hydrogen) atoms. The van der Waals surface area contributed by atoms with Crippen molar-refractivity contribution in [1.82, 2.24) is 9.38 Å². The number of imidazole rings is 1. The van der Waals surface area contributed by atoms with E-state index in [-0.39, 0.29) is 0 Å². The summed E-state index contributed by atoms with van der Waals surface area (Å²) in [5, 5.41) is 0. The Hall–Kier alpha value is -1.51. The Labute approximate surface area is 77.2 Å². The van der Waals surface area contributed by atoms with E-state index in [1.54, 1.807) is 0 Å². The quantitative estimate of drug-likeness (QED) is 0.664. The Morgan fingerprint density at radius 1 is 1.23 bits per heavy atom. The second-order valence-corrected chi connectivity index (χ2v) is 3.40. The number of hydrogen-bond donors (Lipinski definition) is 1. The maximum atomic E-state index is 5.91. The predicted octanol–water partition coefficient (Wildman–Crippen LogP) is 1.84. The summed E-state index contributed by atoms with van der Waals surface area (Å²) in [6, 6.07) is 4.12. The van der Waals surface area contributed by atoms with Gasteiger partial charge in [-0.2, -0.15) is 0 Å². The molecule has 0 saturated heterocycles. The first-order chi connectivity index (χ1) is 6.11. The first-order valence-electron chi connectivity index (χ1n) is 4.32. The van der Waals surface area contributed by atoms with Gasteiger partial charge in [0.1, 0.15) is 11.5 Å². The van der Waals surface area contributed by atoms with E-state index >= 15 is 0 Å². The largest absolute Gasteiger partial charge is 0.383 e. The smallest absolute Gasteiger partial charge is 0.141 e. The van der Waals surface area contributed by atoms with E-state index in [2.05, 4.69) is 17.1 Å². The number of aryl methyl sites for hydroxylation is 3. The molecule has 2 N–H and O–H groups in total. The van der Waals surface area contributed by atoms with Gasteiger partial charge in [0.05, 0.1) is 5.69 Å². The van der Waals surface area contributed by atoms with Gasteiger partial charge in [-0.1, -0.05) is 6.07 Å². The molecule has 0 aromatic carbocycles. The average Bonchev–Trinajstić information content (AvgIpc) is 2.38. The second kappa shape index (κ2) is 2.49. The lowest BCUT2D eigenvalue weighted by atomic mass is 10.2. The molecule has 0 unspecified atom stereocenters. The van der Waals surface area contributed by atoms with Crippen molar-refractivity contribution < 1.29 is 0 Å². The van der Waals surface area contributed by atoms with Crippen LogP contribution < -0.4 is 5.73 Å². The number of hydrogen-bond acceptors (Lipinski definition) is 2. The maximum absolute atomic E-state index is 5.91. The number of rotatable bonds is 0. The Balaban J connectivity index is 3.00. The third-order valence-electron chi connectivity index (χ3n) is 2.38. The number of fused-ring (bicyclic) bond motifs is 1. The molecule has 0 amide bonds. The van der Waals surface area contributed by atoms with E-state index in [1.807, 2.05) is 25.2 Å². The van der Waals surface area contributed by atoms with Gasteiger partial charge in [0.25, 0.3) is 0 Å². The number of aromatic nitrogens is 2. The van der Waals surface area contributed by atoms with Gasteiger partial charge in [0.2, 0.25) is 0 Å². The van der Waals surface area contributed by atoms with Crippen LogP contribution in [-0.2, 0) is 0 Å². The van der Waals surface area contributed by atoms with Crippen molar-refractivity contribution in [2.75, 3.05) is 5.73 Å². The molecule has 0 atom stereocenters. The van der Waals surface area contributed by atoms with E-state index < -0.39 is 0 Å². The Morgan fingerprint density at radius 2 is 1.92 bits per heavy atom. The molecule has 0 aliphatic rings. The van der Waals surface area contributed by atoms with Gasteiger partial charge in [-0.05, 0) is 32.4 Å². The number of anilines is 1. The lowest BCUT2D eigenvalue weighted by Crippen LogP contribution is -1.98. The highest BCUT2D eigenvalue weighted by atomic mass is 15.1. The van der Waals surface area contributed by atoms with Gasteiger partial charge in [0.15, 0.2) is 0 Å². The molecular weight excluding hydrogens is 162 g/mol. The molecule has 0 saturated carbocycles. The summed E-state index contributed by atoms with van der Waals surface area (Å²) in [4.78, 5) is 4.41. The van der Waals surface area contributed by atoms with Crippen LogP contribution in [0.1, 0.15) is 17.0 Å². The molecule has 0 fully saturated rings. The fourth-order valence-corrected chi connectivity index (χ4v) is 1.56. The number of nitrogens with zero attached hydrogens (tertiary/aromatic N) is 2.